The van der Waals surface area contributed by atoms with Gasteiger partial charge in [-0.3, -0.25) is 0 Å². The van der Waals surface area contributed by atoms with Crippen molar-refractivity contribution in [1.29, 1.82) is 0 Å². The first-order valence-electron chi connectivity index (χ1n) is 5.81. The lowest BCUT2D eigenvalue weighted by Crippen LogP contribution is -2.22. The van der Waals surface area contributed by atoms with Gasteiger partial charge in [0.05, 0.1) is 6.04 Å². The maximum Gasteiger partial charge on any atom is 0.167 e. The van der Waals surface area contributed by atoms with Gasteiger partial charge in [-0.1, -0.05) is 6.92 Å². The average Bonchev–Trinajstić information content (AvgIpc) is 2.98. The van der Waals surface area contributed by atoms with E-state index >= 15 is 0 Å². The van der Waals surface area contributed by atoms with Crippen LogP contribution in [0.2, 0.25) is 0 Å². The van der Waals surface area contributed by atoms with Gasteiger partial charge in [-0.15, -0.1) is 5.10 Å². The predicted molar refractivity (Wildman–Crippen MR) is 67.9 cm³/mol. The van der Waals surface area contributed by atoms with Crippen molar-refractivity contribution >= 4 is 11.3 Å². The predicted octanol–water partition coefficient (Wildman–Crippen LogP) is 1.65. The zero-order chi connectivity index (χ0) is 12.1. The fourth-order valence-corrected chi connectivity index (χ4v) is 2.45. The molecule has 0 fully saturated rings. The third-order valence-electron chi connectivity index (χ3n) is 2.65. The Bertz CT molecular complexity index is 436. The molecule has 1 atom stereocenters. The molecule has 2 aromatic heterocycles. The molecule has 0 spiro atoms. The van der Waals surface area contributed by atoms with Crippen molar-refractivity contribution in [2.75, 3.05) is 6.54 Å². The molecule has 2 aromatic rings. The number of hydrogen-bond donors (Lipinski definition) is 1. The maximum absolute atomic E-state index is 4.08. The largest absolute Gasteiger partial charge is 0.308 e. The van der Waals surface area contributed by atoms with Crippen LogP contribution in [0.25, 0.3) is 0 Å². The highest BCUT2D eigenvalue weighted by molar-refractivity contribution is 7.07. The van der Waals surface area contributed by atoms with Gasteiger partial charge >= 0.3 is 0 Å². The minimum atomic E-state index is 0.192. The fraction of sp³-hybridized carbons (Fsp3) is 0.545. The van der Waals surface area contributed by atoms with Crippen molar-refractivity contribution in [1.82, 2.24) is 25.5 Å². The maximum atomic E-state index is 4.08. The summed E-state index contributed by atoms with van der Waals surface area (Å²) >= 11 is 1.72. The van der Waals surface area contributed by atoms with E-state index in [1.807, 2.05) is 4.68 Å². The molecule has 0 aliphatic rings. The van der Waals surface area contributed by atoms with Crippen LogP contribution in [0.1, 0.15) is 31.3 Å². The van der Waals surface area contributed by atoms with Gasteiger partial charge in [0.25, 0.3) is 0 Å². The van der Waals surface area contributed by atoms with Gasteiger partial charge in [-0.2, -0.15) is 11.3 Å². The Balaban J connectivity index is 1.99. The lowest BCUT2D eigenvalue weighted by molar-refractivity contribution is 0.496. The molecule has 0 aliphatic heterocycles. The molecule has 0 saturated heterocycles. The molecule has 0 saturated carbocycles. The van der Waals surface area contributed by atoms with Gasteiger partial charge in [0.2, 0.25) is 0 Å². The molecule has 2 rings (SSSR count). The van der Waals surface area contributed by atoms with Crippen LogP contribution in [0.15, 0.2) is 16.8 Å². The zero-order valence-corrected chi connectivity index (χ0v) is 10.9. The first-order chi connectivity index (χ1) is 8.31. The summed E-state index contributed by atoms with van der Waals surface area (Å²) in [5.41, 5.74) is 1.34. The summed E-state index contributed by atoms with van der Waals surface area (Å²) in [6.45, 7) is 5.90. The second kappa shape index (κ2) is 5.88. The first kappa shape index (κ1) is 12.2. The molecule has 1 unspecified atom stereocenters. The number of rotatable bonds is 6. The van der Waals surface area contributed by atoms with Crippen LogP contribution in [0.5, 0.6) is 0 Å². The van der Waals surface area contributed by atoms with Gasteiger partial charge < -0.3 is 5.32 Å². The van der Waals surface area contributed by atoms with E-state index < -0.39 is 0 Å². The highest BCUT2D eigenvalue weighted by Gasteiger charge is 2.12. The van der Waals surface area contributed by atoms with E-state index in [1.165, 1.54) is 5.56 Å². The quantitative estimate of drug-likeness (QED) is 0.848. The summed E-state index contributed by atoms with van der Waals surface area (Å²) in [5, 5.41) is 19.4. The summed E-state index contributed by atoms with van der Waals surface area (Å²) in [4.78, 5) is 0. The number of hydrogen-bond acceptors (Lipinski definition) is 5. The summed E-state index contributed by atoms with van der Waals surface area (Å²) in [7, 11) is 0. The van der Waals surface area contributed by atoms with E-state index in [9.17, 15) is 0 Å². The van der Waals surface area contributed by atoms with Crippen molar-refractivity contribution in [3.05, 3.63) is 28.2 Å². The highest BCUT2D eigenvalue weighted by Crippen LogP contribution is 2.10. The lowest BCUT2D eigenvalue weighted by Gasteiger charge is -2.11. The summed E-state index contributed by atoms with van der Waals surface area (Å²) in [6, 6.07) is 2.33. The van der Waals surface area contributed by atoms with Crippen molar-refractivity contribution in [2.45, 2.75) is 32.9 Å². The van der Waals surface area contributed by atoms with Gasteiger partial charge in [-0.25, -0.2) is 4.68 Å². The molecule has 0 radical (unpaired) electrons. The Morgan fingerprint density at radius 3 is 3.12 bits per heavy atom. The van der Waals surface area contributed by atoms with Crippen LogP contribution in [0.4, 0.5) is 0 Å². The molecule has 0 aromatic carbocycles. The Hall–Kier alpha value is -1.27. The van der Waals surface area contributed by atoms with E-state index in [0.717, 1.165) is 25.3 Å². The zero-order valence-electron chi connectivity index (χ0n) is 10.1. The SMILES string of the molecule is CCNC(C)c1nnnn1CCc1ccsc1. The van der Waals surface area contributed by atoms with Gasteiger partial charge in [-0.05, 0) is 52.7 Å². The Morgan fingerprint density at radius 2 is 2.41 bits per heavy atom. The Morgan fingerprint density at radius 1 is 1.53 bits per heavy atom. The van der Waals surface area contributed by atoms with Gasteiger partial charge in [0.1, 0.15) is 0 Å². The van der Waals surface area contributed by atoms with Crippen molar-refractivity contribution in [3.63, 3.8) is 0 Å². The number of thiophene rings is 1. The molecular weight excluding hydrogens is 234 g/mol. The normalized spacial score (nSPS) is 12.8. The smallest absolute Gasteiger partial charge is 0.167 e. The van der Waals surface area contributed by atoms with Crippen LogP contribution in [0.3, 0.4) is 0 Å². The number of nitrogens with one attached hydrogen (secondary N) is 1. The average molecular weight is 251 g/mol. The van der Waals surface area contributed by atoms with E-state index in [0.29, 0.717) is 0 Å². The highest BCUT2D eigenvalue weighted by atomic mass is 32.1. The van der Waals surface area contributed by atoms with Crippen LogP contribution in [-0.2, 0) is 13.0 Å². The third kappa shape index (κ3) is 3.10. The van der Waals surface area contributed by atoms with Crippen LogP contribution >= 0.6 is 11.3 Å². The minimum Gasteiger partial charge on any atom is -0.308 e. The first-order valence-corrected chi connectivity index (χ1v) is 6.76. The van der Waals surface area contributed by atoms with E-state index in [4.69, 9.17) is 0 Å². The van der Waals surface area contributed by atoms with E-state index in [-0.39, 0.29) is 6.04 Å². The van der Waals surface area contributed by atoms with Crippen LogP contribution in [0, 0.1) is 0 Å². The minimum absolute atomic E-state index is 0.192. The van der Waals surface area contributed by atoms with E-state index in [1.54, 1.807) is 11.3 Å². The van der Waals surface area contributed by atoms with Crippen molar-refractivity contribution < 1.29 is 0 Å². The van der Waals surface area contributed by atoms with Crippen molar-refractivity contribution in [2.24, 2.45) is 0 Å². The molecule has 0 aliphatic carbocycles. The summed E-state index contributed by atoms with van der Waals surface area (Å²) < 4.78 is 1.88. The topological polar surface area (TPSA) is 55.6 Å². The number of tetrazole rings is 1. The number of nitrogens with zero attached hydrogens (tertiary/aromatic N) is 4. The van der Waals surface area contributed by atoms with Crippen LogP contribution in [-0.4, -0.2) is 26.8 Å². The number of aryl methyl sites for hydroxylation is 2. The molecule has 2 heterocycles. The second-order valence-corrected chi connectivity index (χ2v) is 4.70. The summed E-state index contributed by atoms with van der Waals surface area (Å²) in [5.74, 6) is 0.905. The second-order valence-electron chi connectivity index (χ2n) is 3.92. The van der Waals surface area contributed by atoms with Gasteiger partial charge in [0, 0.05) is 6.54 Å². The molecule has 17 heavy (non-hydrogen) atoms. The van der Waals surface area contributed by atoms with Crippen molar-refractivity contribution in [3.8, 4) is 0 Å². The molecule has 92 valence electrons. The molecule has 1 N–H and O–H groups in total. The fourth-order valence-electron chi connectivity index (χ4n) is 1.75. The Labute approximate surface area is 105 Å². The van der Waals surface area contributed by atoms with Crippen LogP contribution < -0.4 is 5.32 Å². The monoisotopic (exact) mass is 251 g/mol. The molecule has 5 nitrogen and oxygen atoms in total. The van der Waals surface area contributed by atoms with Gasteiger partial charge in [0.15, 0.2) is 5.82 Å². The molecular formula is C11H17N5S. The lowest BCUT2D eigenvalue weighted by atomic mass is 10.2. The number of aromatic nitrogens is 4. The standard InChI is InChI=1S/C11H17N5S/c1-3-12-9(2)11-13-14-15-16(11)6-4-10-5-7-17-8-10/h5,7-9,12H,3-4,6H2,1-2H3. The molecule has 0 amide bonds. The third-order valence-corrected chi connectivity index (χ3v) is 3.38. The van der Waals surface area contributed by atoms with E-state index in [2.05, 4.69) is 51.5 Å². The Kier molecular flexibility index (Phi) is 4.22. The molecule has 0 bridgehead atoms. The summed E-state index contributed by atoms with van der Waals surface area (Å²) in [6.07, 6.45) is 0.973. The molecule has 6 heteroatoms.